The third-order valence-electron chi connectivity index (χ3n) is 4.50. The number of rotatable bonds is 3. The molecule has 1 aromatic heterocycles. The Labute approximate surface area is 144 Å². The zero-order valence-corrected chi connectivity index (χ0v) is 14.0. The van der Waals surface area contributed by atoms with E-state index in [4.69, 9.17) is 11.6 Å². The smallest absolute Gasteiger partial charge is 0.329 e. The van der Waals surface area contributed by atoms with Crippen molar-refractivity contribution in [2.45, 2.75) is 25.3 Å². The second kappa shape index (κ2) is 6.24. The minimum atomic E-state index is -1.19. The zero-order chi connectivity index (χ0) is 17.3. The molecule has 3 rings (SSSR count). The van der Waals surface area contributed by atoms with Gasteiger partial charge in [-0.2, -0.15) is 0 Å². The maximum atomic E-state index is 12.9. The molecule has 1 amide bonds. The van der Waals surface area contributed by atoms with E-state index in [2.05, 4.69) is 4.98 Å². The predicted octanol–water partition coefficient (Wildman–Crippen LogP) is 3.48. The van der Waals surface area contributed by atoms with Crippen LogP contribution in [0, 0.1) is 0 Å². The Morgan fingerprint density at radius 3 is 2.75 bits per heavy atom. The van der Waals surface area contributed by atoms with Crippen LogP contribution in [-0.2, 0) is 4.79 Å². The third-order valence-corrected chi connectivity index (χ3v) is 4.83. The number of carboxylic acid groups (broad SMARTS) is 1. The van der Waals surface area contributed by atoms with E-state index < -0.39 is 11.5 Å². The van der Waals surface area contributed by atoms with Gasteiger partial charge in [0.2, 0.25) is 0 Å². The van der Waals surface area contributed by atoms with Crippen LogP contribution in [-0.4, -0.2) is 39.0 Å². The lowest BCUT2D eigenvalue weighted by Gasteiger charge is -2.31. The van der Waals surface area contributed by atoms with E-state index in [1.807, 2.05) is 18.2 Å². The summed E-state index contributed by atoms with van der Waals surface area (Å²) in [4.78, 5) is 30.2. The van der Waals surface area contributed by atoms with Crippen molar-refractivity contribution >= 4 is 23.5 Å². The molecule has 0 aliphatic carbocycles. The molecule has 0 spiro atoms. The summed E-state index contributed by atoms with van der Waals surface area (Å²) in [7, 11) is 0. The number of aliphatic carboxylic acids is 1. The molecule has 1 aliphatic rings. The van der Waals surface area contributed by atoms with Gasteiger partial charge in [-0.1, -0.05) is 23.7 Å². The first-order valence-corrected chi connectivity index (χ1v) is 8.07. The SMILES string of the molecule is CC1(C(=O)O)CCCN1C(=O)c1cc(-c2ccccn2)ccc1Cl. The second-order valence-electron chi connectivity index (χ2n) is 6.05. The van der Waals surface area contributed by atoms with Crippen molar-refractivity contribution in [3.63, 3.8) is 0 Å². The molecule has 1 N–H and O–H groups in total. The zero-order valence-electron chi connectivity index (χ0n) is 13.2. The number of carbonyl (C=O) groups is 2. The number of carbonyl (C=O) groups excluding carboxylic acids is 1. The molecule has 0 saturated carbocycles. The predicted molar refractivity (Wildman–Crippen MR) is 91.0 cm³/mol. The van der Waals surface area contributed by atoms with E-state index >= 15 is 0 Å². The lowest BCUT2D eigenvalue weighted by molar-refractivity contribution is -0.147. The molecular formula is C18H17ClN2O3. The molecule has 1 unspecified atom stereocenters. The first-order valence-electron chi connectivity index (χ1n) is 7.70. The lowest BCUT2D eigenvalue weighted by Crippen LogP contribution is -2.50. The highest BCUT2D eigenvalue weighted by Gasteiger charge is 2.46. The van der Waals surface area contributed by atoms with Gasteiger partial charge in [-0.25, -0.2) is 4.79 Å². The topological polar surface area (TPSA) is 70.5 Å². The largest absolute Gasteiger partial charge is 0.480 e. The maximum absolute atomic E-state index is 12.9. The maximum Gasteiger partial charge on any atom is 0.329 e. The summed E-state index contributed by atoms with van der Waals surface area (Å²) < 4.78 is 0. The number of nitrogens with zero attached hydrogens (tertiary/aromatic N) is 2. The number of carboxylic acids is 1. The average Bonchev–Trinajstić information content (AvgIpc) is 2.99. The standard InChI is InChI=1S/C18H17ClN2O3/c1-18(17(23)24)8-4-10-21(18)16(22)13-11-12(6-7-14(13)19)15-5-2-3-9-20-15/h2-3,5-7,9,11H,4,8,10H2,1H3,(H,23,24). The van der Waals surface area contributed by atoms with Crippen molar-refractivity contribution in [3.8, 4) is 11.3 Å². The monoisotopic (exact) mass is 344 g/mol. The molecule has 0 radical (unpaired) electrons. The van der Waals surface area contributed by atoms with Crippen LogP contribution in [0.3, 0.4) is 0 Å². The fraction of sp³-hybridized carbons (Fsp3) is 0.278. The van der Waals surface area contributed by atoms with Gasteiger partial charge in [0.05, 0.1) is 16.3 Å². The van der Waals surface area contributed by atoms with E-state index in [-0.39, 0.29) is 5.91 Å². The number of amides is 1. The van der Waals surface area contributed by atoms with Gasteiger partial charge in [0, 0.05) is 18.3 Å². The van der Waals surface area contributed by atoms with E-state index in [1.54, 1.807) is 31.3 Å². The van der Waals surface area contributed by atoms with Crippen molar-refractivity contribution in [3.05, 3.63) is 53.2 Å². The van der Waals surface area contributed by atoms with Gasteiger partial charge in [-0.15, -0.1) is 0 Å². The number of likely N-dealkylation sites (tertiary alicyclic amines) is 1. The first kappa shape index (κ1) is 16.5. The number of benzene rings is 1. The molecule has 1 saturated heterocycles. The Bertz CT molecular complexity index is 794. The highest BCUT2D eigenvalue weighted by atomic mass is 35.5. The fourth-order valence-electron chi connectivity index (χ4n) is 3.04. The van der Waals surface area contributed by atoms with Crippen molar-refractivity contribution in [2.24, 2.45) is 0 Å². The van der Waals surface area contributed by atoms with E-state index in [9.17, 15) is 14.7 Å². The quantitative estimate of drug-likeness (QED) is 0.925. The molecule has 1 fully saturated rings. The van der Waals surface area contributed by atoms with Crippen LogP contribution in [0.2, 0.25) is 5.02 Å². The van der Waals surface area contributed by atoms with E-state index in [0.717, 1.165) is 11.3 Å². The van der Waals surface area contributed by atoms with E-state index in [0.29, 0.717) is 30.0 Å². The second-order valence-corrected chi connectivity index (χ2v) is 6.46. The molecule has 6 heteroatoms. The highest BCUT2D eigenvalue weighted by molar-refractivity contribution is 6.34. The van der Waals surface area contributed by atoms with Gasteiger partial charge in [-0.3, -0.25) is 9.78 Å². The van der Waals surface area contributed by atoms with Crippen LogP contribution in [0.25, 0.3) is 11.3 Å². The van der Waals surface area contributed by atoms with Crippen LogP contribution in [0.4, 0.5) is 0 Å². The van der Waals surface area contributed by atoms with Crippen LogP contribution in [0.1, 0.15) is 30.1 Å². The van der Waals surface area contributed by atoms with Gasteiger partial charge < -0.3 is 10.0 Å². The molecule has 2 heterocycles. The Hall–Kier alpha value is -2.40. The fourth-order valence-corrected chi connectivity index (χ4v) is 3.24. The van der Waals surface area contributed by atoms with Crippen molar-refractivity contribution < 1.29 is 14.7 Å². The van der Waals surface area contributed by atoms with Crippen LogP contribution in [0.15, 0.2) is 42.6 Å². The Kier molecular flexibility index (Phi) is 4.28. The van der Waals surface area contributed by atoms with Crippen molar-refractivity contribution in [1.29, 1.82) is 0 Å². The molecule has 5 nitrogen and oxygen atoms in total. The highest BCUT2D eigenvalue weighted by Crippen LogP contribution is 2.33. The Balaban J connectivity index is 2.00. The number of aromatic nitrogens is 1. The van der Waals surface area contributed by atoms with Gasteiger partial charge in [-0.05, 0) is 44.0 Å². The molecule has 1 aromatic carbocycles. The van der Waals surface area contributed by atoms with Crippen LogP contribution in [0.5, 0.6) is 0 Å². The average molecular weight is 345 g/mol. The van der Waals surface area contributed by atoms with Gasteiger partial charge in [0.25, 0.3) is 5.91 Å². The summed E-state index contributed by atoms with van der Waals surface area (Å²) in [5.41, 5.74) is 0.598. The summed E-state index contributed by atoms with van der Waals surface area (Å²) in [6.07, 6.45) is 2.77. The molecule has 1 atom stereocenters. The summed E-state index contributed by atoms with van der Waals surface area (Å²) >= 11 is 6.21. The number of hydrogen-bond acceptors (Lipinski definition) is 3. The molecule has 1 aliphatic heterocycles. The number of halogens is 1. The molecule has 124 valence electrons. The normalized spacial score (nSPS) is 20.2. The van der Waals surface area contributed by atoms with Crippen molar-refractivity contribution in [2.75, 3.05) is 6.54 Å². The van der Waals surface area contributed by atoms with Crippen LogP contribution >= 0.6 is 11.6 Å². The number of pyridine rings is 1. The molecule has 24 heavy (non-hydrogen) atoms. The Morgan fingerprint density at radius 2 is 2.08 bits per heavy atom. The number of hydrogen-bond donors (Lipinski definition) is 1. The minimum Gasteiger partial charge on any atom is -0.480 e. The summed E-state index contributed by atoms with van der Waals surface area (Å²) in [6.45, 7) is 1.99. The minimum absolute atomic E-state index is 0.300. The van der Waals surface area contributed by atoms with Crippen LogP contribution < -0.4 is 0 Å². The molecular weight excluding hydrogens is 328 g/mol. The Morgan fingerprint density at radius 1 is 1.29 bits per heavy atom. The molecule has 0 bridgehead atoms. The summed E-state index contributed by atoms with van der Waals surface area (Å²) in [5, 5.41) is 9.81. The lowest BCUT2D eigenvalue weighted by atomic mass is 9.98. The molecule has 2 aromatic rings. The van der Waals surface area contributed by atoms with Gasteiger partial charge in [0.15, 0.2) is 0 Å². The summed E-state index contributed by atoms with van der Waals surface area (Å²) in [5.74, 6) is -1.36. The summed E-state index contributed by atoms with van der Waals surface area (Å²) in [6, 6.07) is 10.6. The first-order chi connectivity index (χ1) is 11.4. The van der Waals surface area contributed by atoms with E-state index in [1.165, 1.54) is 4.90 Å². The van der Waals surface area contributed by atoms with Gasteiger partial charge in [0.1, 0.15) is 5.54 Å². The third kappa shape index (κ3) is 2.76. The van der Waals surface area contributed by atoms with Gasteiger partial charge >= 0.3 is 5.97 Å². The van der Waals surface area contributed by atoms with Crippen molar-refractivity contribution in [1.82, 2.24) is 9.88 Å².